The van der Waals surface area contributed by atoms with Gasteiger partial charge in [0.2, 0.25) is 5.91 Å². The molecule has 4 heteroatoms. The zero-order chi connectivity index (χ0) is 12.0. The van der Waals surface area contributed by atoms with Crippen LogP contribution in [0.15, 0.2) is 0 Å². The maximum absolute atomic E-state index is 12.0. The minimum absolute atomic E-state index is 0.0756. The predicted molar refractivity (Wildman–Crippen MR) is 64.1 cm³/mol. The zero-order valence-electron chi connectivity index (χ0n) is 10.4. The van der Waals surface area contributed by atoms with Crippen molar-refractivity contribution in [2.45, 2.75) is 51.1 Å². The van der Waals surface area contributed by atoms with Crippen molar-refractivity contribution in [2.24, 2.45) is 5.73 Å². The molecule has 16 heavy (non-hydrogen) atoms. The van der Waals surface area contributed by atoms with Crippen LogP contribution in [0.1, 0.15) is 39.0 Å². The lowest BCUT2D eigenvalue weighted by Crippen LogP contribution is -2.51. The van der Waals surface area contributed by atoms with Crippen LogP contribution in [0.3, 0.4) is 0 Å². The molecule has 1 fully saturated rings. The van der Waals surface area contributed by atoms with Crippen LogP contribution in [0.4, 0.5) is 0 Å². The van der Waals surface area contributed by atoms with Gasteiger partial charge in [0.15, 0.2) is 0 Å². The molecule has 1 aliphatic heterocycles. The number of hydrogen-bond donors (Lipinski definition) is 1. The second kappa shape index (κ2) is 6.86. The van der Waals surface area contributed by atoms with Crippen LogP contribution in [0.25, 0.3) is 0 Å². The molecule has 0 bridgehead atoms. The fourth-order valence-corrected chi connectivity index (χ4v) is 2.33. The number of ether oxygens (including phenoxy) is 1. The number of likely N-dealkylation sites (tertiary alicyclic amines) is 1. The van der Waals surface area contributed by atoms with E-state index in [9.17, 15) is 4.79 Å². The zero-order valence-corrected chi connectivity index (χ0v) is 10.4. The van der Waals surface area contributed by atoms with Crippen molar-refractivity contribution in [3.63, 3.8) is 0 Å². The van der Waals surface area contributed by atoms with Gasteiger partial charge in [-0.15, -0.1) is 0 Å². The summed E-state index contributed by atoms with van der Waals surface area (Å²) in [4.78, 5) is 14.0. The van der Waals surface area contributed by atoms with Gasteiger partial charge in [0, 0.05) is 38.8 Å². The van der Waals surface area contributed by atoms with Crippen molar-refractivity contribution in [1.29, 1.82) is 0 Å². The van der Waals surface area contributed by atoms with E-state index in [0.717, 1.165) is 25.8 Å². The molecule has 4 nitrogen and oxygen atoms in total. The molecule has 0 spiro atoms. The molecule has 1 amide bonds. The van der Waals surface area contributed by atoms with Crippen molar-refractivity contribution in [3.05, 3.63) is 0 Å². The quantitative estimate of drug-likeness (QED) is 0.718. The third-order valence-corrected chi connectivity index (χ3v) is 3.22. The number of nitrogens with zero attached hydrogens (tertiary/aromatic N) is 1. The average Bonchev–Trinajstić information content (AvgIpc) is 2.29. The van der Waals surface area contributed by atoms with Crippen LogP contribution in [-0.4, -0.2) is 43.2 Å². The average molecular weight is 228 g/mol. The van der Waals surface area contributed by atoms with Crippen molar-refractivity contribution in [1.82, 2.24) is 4.90 Å². The van der Waals surface area contributed by atoms with E-state index in [1.807, 2.05) is 11.8 Å². The molecule has 2 unspecified atom stereocenters. The predicted octanol–water partition coefficient (Wildman–Crippen LogP) is 1.14. The van der Waals surface area contributed by atoms with E-state index in [2.05, 4.69) is 0 Å². The molecule has 0 aromatic carbocycles. The van der Waals surface area contributed by atoms with Gasteiger partial charge in [-0.1, -0.05) is 0 Å². The number of nitrogens with two attached hydrogens (primary N) is 1. The van der Waals surface area contributed by atoms with Gasteiger partial charge >= 0.3 is 0 Å². The molecular formula is C12H24N2O2. The Morgan fingerprint density at radius 1 is 1.56 bits per heavy atom. The van der Waals surface area contributed by atoms with Crippen LogP contribution in [0.2, 0.25) is 0 Å². The Morgan fingerprint density at radius 3 is 2.94 bits per heavy atom. The standard InChI is InChI=1S/C12H24N2O2/c1-10(13)11-6-3-4-8-14(11)12(15)7-5-9-16-2/h10-11H,3-9,13H2,1-2H3. The van der Waals surface area contributed by atoms with E-state index in [1.165, 1.54) is 6.42 Å². The van der Waals surface area contributed by atoms with E-state index in [4.69, 9.17) is 10.5 Å². The molecule has 1 aliphatic rings. The molecule has 2 N–H and O–H groups in total. The number of amides is 1. The molecule has 2 atom stereocenters. The Hall–Kier alpha value is -0.610. The van der Waals surface area contributed by atoms with Crippen molar-refractivity contribution in [3.8, 4) is 0 Å². The molecule has 1 saturated heterocycles. The van der Waals surface area contributed by atoms with E-state index in [-0.39, 0.29) is 18.0 Å². The highest BCUT2D eigenvalue weighted by Gasteiger charge is 2.28. The maximum Gasteiger partial charge on any atom is 0.222 e. The molecule has 0 aliphatic carbocycles. The van der Waals surface area contributed by atoms with E-state index in [0.29, 0.717) is 13.0 Å². The van der Waals surface area contributed by atoms with Crippen molar-refractivity contribution >= 4 is 5.91 Å². The number of hydrogen-bond acceptors (Lipinski definition) is 3. The van der Waals surface area contributed by atoms with Crippen LogP contribution in [0, 0.1) is 0 Å². The highest BCUT2D eigenvalue weighted by atomic mass is 16.5. The molecule has 0 saturated carbocycles. The molecule has 0 aromatic heterocycles. The molecule has 94 valence electrons. The summed E-state index contributed by atoms with van der Waals surface area (Å²) >= 11 is 0. The summed E-state index contributed by atoms with van der Waals surface area (Å²) in [5.41, 5.74) is 5.93. The van der Waals surface area contributed by atoms with Gasteiger partial charge in [-0.25, -0.2) is 0 Å². The second-order valence-corrected chi connectivity index (χ2v) is 4.61. The van der Waals surface area contributed by atoms with Gasteiger partial charge in [-0.05, 0) is 32.6 Å². The van der Waals surface area contributed by atoms with Crippen LogP contribution in [-0.2, 0) is 9.53 Å². The third kappa shape index (κ3) is 3.76. The summed E-state index contributed by atoms with van der Waals surface area (Å²) in [6.07, 6.45) is 4.73. The van der Waals surface area contributed by atoms with Crippen molar-refractivity contribution in [2.75, 3.05) is 20.3 Å². The summed E-state index contributed by atoms with van der Waals surface area (Å²) in [7, 11) is 1.66. The SMILES string of the molecule is COCCCC(=O)N1CCCCC1C(C)N. The van der Waals surface area contributed by atoms with Crippen LogP contribution < -0.4 is 5.73 Å². The summed E-state index contributed by atoms with van der Waals surface area (Å²) in [5, 5.41) is 0. The highest BCUT2D eigenvalue weighted by Crippen LogP contribution is 2.20. The molecular weight excluding hydrogens is 204 g/mol. The monoisotopic (exact) mass is 228 g/mol. The Morgan fingerprint density at radius 2 is 2.31 bits per heavy atom. The first-order valence-electron chi connectivity index (χ1n) is 6.20. The van der Waals surface area contributed by atoms with E-state index >= 15 is 0 Å². The fraction of sp³-hybridized carbons (Fsp3) is 0.917. The maximum atomic E-state index is 12.0. The Bertz CT molecular complexity index is 219. The van der Waals surface area contributed by atoms with Gasteiger partial charge in [-0.3, -0.25) is 4.79 Å². The van der Waals surface area contributed by atoms with Gasteiger partial charge in [0.1, 0.15) is 0 Å². The van der Waals surface area contributed by atoms with Crippen molar-refractivity contribution < 1.29 is 9.53 Å². The first-order valence-corrected chi connectivity index (χ1v) is 6.20. The highest BCUT2D eigenvalue weighted by molar-refractivity contribution is 5.76. The lowest BCUT2D eigenvalue weighted by Gasteiger charge is -2.38. The summed E-state index contributed by atoms with van der Waals surface area (Å²) in [6, 6.07) is 0.315. The molecule has 0 radical (unpaired) electrons. The normalized spacial score (nSPS) is 23.2. The van der Waals surface area contributed by atoms with Crippen LogP contribution >= 0.6 is 0 Å². The second-order valence-electron chi connectivity index (χ2n) is 4.61. The van der Waals surface area contributed by atoms with Gasteiger partial charge < -0.3 is 15.4 Å². The van der Waals surface area contributed by atoms with Gasteiger partial charge in [0.05, 0.1) is 0 Å². The number of carbonyl (C=O) groups excluding carboxylic acids is 1. The molecule has 0 aromatic rings. The largest absolute Gasteiger partial charge is 0.385 e. The van der Waals surface area contributed by atoms with Gasteiger partial charge in [0.25, 0.3) is 0 Å². The number of methoxy groups -OCH3 is 1. The topological polar surface area (TPSA) is 55.6 Å². The Labute approximate surface area is 98.1 Å². The Balaban J connectivity index is 2.44. The molecule has 1 rings (SSSR count). The number of piperidine rings is 1. The smallest absolute Gasteiger partial charge is 0.222 e. The first-order chi connectivity index (χ1) is 7.66. The summed E-state index contributed by atoms with van der Waals surface area (Å²) in [6.45, 7) is 3.52. The minimum Gasteiger partial charge on any atom is -0.385 e. The Kier molecular flexibility index (Phi) is 5.77. The lowest BCUT2D eigenvalue weighted by molar-refractivity contribution is -0.135. The summed E-state index contributed by atoms with van der Waals surface area (Å²) < 4.78 is 4.96. The van der Waals surface area contributed by atoms with E-state index < -0.39 is 0 Å². The first kappa shape index (κ1) is 13.5. The third-order valence-electron chi connectivity index (χ3n) is 3.22. The lowest BCUT2D eigenvalue weighted by atomic mass is 9.96. The van der Waals surface area contributed by atoms with Gasteiger partial charge in [-0.2, -0.15) is 0 Å². The fourth-order valence-electron chi connectivity index (χ4n) is 2.33. The minimum atomic E-state index is 0.0756. The summed E-state index contributed by atoms with van der Waals surface area (Å²) in [5.74, 6) is 0.235. The number of rotatable bonds is 5. The molecule has 1 heterocycles. The van der Waals surface area contributed by atoms with E-state index in [1.54, 1.807) is 7.11 Å². The number of carbonyl (C=O) groups is 1. The van der Waals surface area contributed by atoms with Crippen LogP contribution in [0.5, 0.6) is 0 Å².